The average molecular weight is 414 g/mol. The highest BCUT2D eigenvalue weighted by Crippen LogP contribution is 2.43. The van der Waals surface area contributed by atoms with Gasteiger partial charge in [-0.15, -0.1) is 0 Å². The first kappa shape index (κ1) is 20.0. The maximum Gasteiger partial charge on any atom is 0.226 e. The van der Waals surface area contributed by atoms with Gasteiger partial charge in [-0.25, -0.2) is 4.39 Å². The number of rotatable bonds is 3. The summed E-state index contributed by atoms with van der Waals surface area (Å²) in [6.07, 6.45) is 6.35. The van der Waals surface area contributed by atoms with E-state index >= 15 is 0 Å². The van der Waals surface area contributed by atoms with E-state index < -0.39 is 0 Å². The Hall–Kier alpha value is -1.95. The van der Waals surface area contributed by atoms with Crippen LogP contribution >= 0.6 is 0 Å². The molecule has 5 atom stereocenters. The van der Waals surface area contributed by atoms with E-state index in [4.69, 9.17) is 0 Å². The molecular formula is C24H32FN3O2. The second kappa shape index (κ2) is 8.29. The first-order valence-electron chi connectivity index (χ1n) is 11.7. The van der Waals surface area contributed by atoms with Gasteiger partial charge >= 0.3 is 0 Å². The Morgan fingerprint density at radius 1 is 1.17 bits per heavy atom. The smallest absolute Gasteiger partial charge is 0.226 e. The van der Waals surface area contributed by atoms with Gasteiger partial charge in [0.15, 0.2) is 0 Å². The number of halogens is 1. The van der Waals surface area contributed by atoms with Gasteiger partial charge in [0.25, 0.3) is 0 Å². The summed E-state index contributed by atoms with van der Waals surface area (Å²) in [5.74, 6) is 1.04. The molecule has 0 radical (unpaired) electrons. The predicted octanol–water partition coefficient (Wildman–Crippen LogP) is 2.60. The van der Waals surface area contributed by atoms with Crippen molar-refractivity contribution in [2.75, 3.05) is 26.2 Å². The normalized spacial score (nSPS) is 33.9. The third-order valence-electron chi connectivity index (χ3n) is 7.79. The van der Waals surface area contributed by atoms with Gasteiger partial charge in [0.2, 0.25) is 11.8 Å². The topological polar surface area (TPSA) is 52.7 Å². The monoisotopic (exact) mass is 413 g/mol. The van der Waals surface area contributed by atoms with Crippen molar-refractivity contribution in [3.63, 3.8) is 0 Å². The molecule has 162 valence electrons. The Balaban J connectivity index is 1.40. The zero-order chi connectivity index (χ0) is 20.7. The molecule has 4 aliphatic rings. The minimum Gasteiger partial charge on any atom is -0.342 e. The van der Waals surface area contributed by atoms with Crippen LogP contribution in [0.5, 0.6) is 0 Å². The average Bonchev–Trinajstić information content (AvgIpc) is 2.77. The van der Waals surface area contributed by atoms with Gasteiger partial charge in [-0.3, -0.25) is 9.59 Å². The molecule has 0 unspecified atom stereocenters. The summed E-state index contributed by atoms with van der Waals surface area (Å²) in [6.45, 7) is 3.30. The number of amides is 2. The van der Waals surface area contributed by atoms with Gasteiger partial charge in [-0.05, 0) is 74.6 Å². The molecule has 5 nitrogen and oxygen atoms in total. The number of carbonyl (C=O) groups is 2. The molecule has 2 amide bonds. The van der Waals surface area contributed by atoms with E-state index in [2.05, 4.69) is 15.1 Å². The van der Waals surface area contributed by atoms with E-state index in [1.54, 1.807) is 12.1 Å². The van der Waals surface area contributed by atoms with Gasteiger partial charge in [-0.2, -0.15) is 0 Å². The highest BCUT2D eigenvalue weighted by Gasteiger charge is 2.50. The van der Waals surface area contributed by atoms with Crippen molar-refractivity contribution >= 4 is 11.8 Å². The molecular weight excluding hydrogens is 381 g/mol. The minimum atomic E-state index is -0.229. The van der Waals surface area contributed by atoms with Crippen LogP contribution in [0.4, 0.5) is 4.39 Å². The number of carbonyl (C=O) groups excluding carboxylic acids is 2. The number of nitrogens with zero attached hydrogens (tertiary/aromatic N) is 2. The minimum absolute atomic E-state index is 0.0564. The standard InChI is InChI=1S/C24H32FN3O2/c25-20-6-1-4-16(10-20)11-22-19-12-18(21-7-2-8-23(29)28(21)22)14-27(15-19)24(30)17-5-3-9-26-13-17/h1,4,6,10,17-19,21-22,26H,2-3,5,7-9,11-15H2/t17-,18-,19+,21+,22+/m1/s1. The van der Waals surface area contributed by atoms with Crippen molar-refractivity contribution in [1.29, 1.82) is 0 Å². The Kier molecular flexibility index (Phi) is 5.52. The fraction of sp³-hybridized carbons (Fsp3) is 0.667. The first-order valence-corrected chi connectivity index (χ1v) is 11.7. The second-order valence-corrected chi connectivity index (χ2v) is 9.70. The van der Waals surface area contributed by atoms with E-state index in [1.807, 2.05) is 6.07 Å². The van der Waals surface area contributed by atoms with Crippen LogP contribution in [0, 0.1) is 23.6 Å². The highest BCUT2D eigenvalue weighted by molar-refractivity contribution is 5.80. The van der Waals surface area contributed by atoms with Gasteiger partial charge < -0.3 is 15.1 Å². The molecule has 30 heavy (non-hydrogen) atoms. The quantitative estimate of drug-likeness (QED) is 0.829. The lowest BCUT2D eigenvalue weighted by atomic mass is 9.70. The largest absolute Gasteiger partial charge is 0.342 e. The van der Waals surface area contributed by atoms with Crippen LogP contribution in [0.15, 0.2) is 24.3 Å². The van der Waals surface area contributed by atoms with E-state index in [1.165, 1.54) is 6.07 Å². The molecule has 0 saturated carbocycles. The number of likely N-dealkylation sites (tertiary alicyclic amines) is 1. The van der Waals surface area contributed by atoms with Crippen molar-refractivity contribution in [2.45, 2.75) is 57.0 Å². The van der Waals surface area contributed by atoms with E-state index in [0.717, 1.165) is 63.8 Å². The van der Waals surface area contributed by atoms with Crippen LogP contribution in [-0.4, -0.2) is 59.9 Å². The lowest BCUT2D eigenvalue weighted by Gasteiger charge is -2.57. The fourth-order valence-electron chi connectivity index (χ4n) is 6.44. The molecule has 5 rings (SSSR count). The Morgan fingerprint density at radius 3 is 2.83 bits per heavy atom. The molecule has 1 aromatic rings. The number of hydrogen-bond donors (Lipinski definition) is 1. The third-order valence-corrected chi connectivity index (χ3v) is 7.79. The molecule has 4 fully saturated rings. The number of fused-ring (bicyclic) bond motifs is 4. The molecule has 4 saturated heterocycles. The number of piperidine rings is 4. The van der Waals surface area contributed by atoms with Crippen LogP contribution in [0.3, 0.4) is 0 Å². The maximum atomic E-state index is 13.8. The number of nitrogens with one attached hydrogen (secondary N) is 1. The van der Waals surface area contributed by atoms with Crippen molar-refractivity contribution in [3.8, 4) is 0 Å². The van der Waals surface area contributed by atoms with Crippen molar-refractivity contribution in [2.24, 2.45) is 17.8 Å². The molecule has 4 aliphatic heterocycles. The molecule has 0 aromatic heterocycles. The predicted molar refractivity (Wildman–Crippen MR) is 112 cm³/mol. The molecule has 1 N–H and O–H groups in total. The summed E-state index contributed by atoms with van der Waals surface area (Å²) in [5.41, 5.74) is 0.940. The van der Waals surface area contributed by atoms with Gasteiger partial charge in [0.05, 0.1) is 5.92 Å². The van der Waals surface area contributed by atoms with E-state index in [-0.39, 0.29) is 41.6 Å². The molecule has 2 bridgehead atoms. The molecule has 1 aromatic carbocycles. The van der Waals surface area contributed by atoms with Crippen molar-refractivity contribution < 1.29 is 14.0 Å². The van der Waals surface area contributed by atoms with Crippen LogP contribution in [-0.2, 0) is 16.0 Å². The maximum absolute atomic E-state index is 13.8. The molecule has 0 spiro atoms. The molecule has 0 aliphatic carbocycles. The zero-order valence-corrected chi connectivity index (χ0v) is 17.6. The summed E-state index contributed by atoms with van der Waals surface area (Å²) in [4.78, 5) is 30.5. The number of hydrogen-bond acceptors (Lipinski definition) is 3. The van der Waals surface area contributed by atoms with Gasteiger partial charge in [0, 0.05) is 38.1 Å². The Labute approximate surface area is 178 Å². The summed E-state index contributed by atoms with van der Waals surface area (Å²) < 4.78 is 13.8. The summed E-state index contributed by atoms with van der Waals surface area (Å²) in [6, 6.07) is 7.04. The van der Waals surface area contributed by atoms with Crippen molar-refractivity contribution in [1.82, 2.24) is 15.1 Å². The molecule has 4 heterocycles. The van der Waals surface area contributed by atoms with Crippen LogP contribution in [0.25, 0.3) is 0 Å². The Bertz CT molecular complexity index is 809. The highest BCUT2D eigenvalue weighted by atomic mass is 19.1. The van der Waals surface area contributed by atoms with E-state index in [9.17, 15) is 14.0 Å². The molecule has 6 heteroatoms. The summed E-state index contributed by atoms with van der Waals surface area (Å²) in [7, 11) is 0. The van der Waals surface area contributed by atoms with Crippen LogP contribution < -0.4 is 5.32 Å². The summed E-state index contributed by atoms with van der Waals surface area (Å²) >= 11 is 0. The second-order valence-electron chi connectivity index (χ2n) is 9.70. The first-order chi connectivity index (χ1) is 14.6. The lowest BCUT2D eigenvalue weighted by Crippen LogP contribution is -2.66. The summed E-state index contributed by atoms with van der Waals surface area (Å²) in [5, 5.41) is 3.37. The zero-order valence-electron chi connectivity index (χ0n) is 17.6. The van der Waals surface area contributed by atoms with E-state index in [0.29, 0.717) is 18.8 Å². The fourth-order valence-corrected chi connectivity index (χ4v) is 6.44. The SMILES string of the molecule is O=C([C@@H]1CCCNC1)N1C[C@H]2C[C@@H](C1)[C@H](Cc1cccc(F)c1)N1C(=O)CCC[C@@H]21. The third kappa shape index (κ3) is 3.75. The van der Waals surface area contributed by atoms with Crippen molar-refractivity contribution in [3.05, 3.63) is 35.6 Å². The van der Waals surface area contributed by atoms with Crippen LogP contribution in [0.1, 0.15) is 44.1 Å². The lowest BCUT2D eigenvalue weighted by molar-refractivity contribution is -0.157. The van der Waals surface area contributed by atoms with Gasteiger partial charge in [-0.1, -0.05) is 12.1 Å². The van der Waals surface area contributed by atoms with Crippen LogP contribution in [0.2, 0.25) is 0 Å². The van der Waals surface area contributed by atoms with Gasteiger partial charge in [0.1, 0.15) is 5.82 Å². The Morgan fingerprint density at radius 2 is 2.03 bits per heavy atom. The number of benzene rings is 1.